The first-order valence-electron chi connectivity index (χ1n) is 9.88. The van der Waals surface area contributed by atoms with Crippen LogP contribution < -0.4 is 15.0 Å². The number of likely N-dealkylation sites (N-methyl/N-ethyl adjacent to an activating group) is 1. The van der Waals surface area contributed by atoms with Crippen LogP contribution in [0.2, 0.25) is 0 Å². The lowest BCUT2D eigenvalue weighted by molar-refractivity contribution is 0.313. The van der Waals surface area contributed by atoms with E-state index in [1.807, 2.05) is 24.3 Å². The van der Waals surface area contributed by atoms with Gasteiger partial charge in [0.25, 0.3) is 0 Å². The summed E-state index contributed by atoms with van der Waals surface area (Å²) in [6.07, 6.45) is 1.71. The monoisotopic (exact) mass is 400 g/mol. The quantitative estimate of drug-likeness (QED) is 0.702. The van der Waals surface area contributed by atoms with Crippen molar-refractivity contribution < 1.29 is 4.74 Å². The molecular weight excluding hydrogens is 376 g/mol. The van der Waals surface area contributed by atoms with Crippen molar-refractivity contribution in [3.05, 3.63) is 60.3 Å². The molecule has 3 aromatic rings. The van der Waals surface area contributed by atoms with Gasteiger partial charge >= 0.3 is 0 Å². The molecule has 7 heteroatoms. The Bertz CT molecular complexity index is 1050. The molecule has 1 aliphatic rings. The number of nitrogens with one attached hydrogen (secondary N) is 1. The predicted octanol–water partition coefficient (Wildman–Crippen LogP) is 3.52. The molecule has 30 heavy (non-hydrogen) atoms. The van der Waals surface area contributed by atoms with Crippen LogP contribution in [0, 0.1) is 11.3 Å². The van der Waals surface area contributed by atoms with Crippen molar-refractivity contribution in [1.29, 1.82) is 5.26 Å². The van der Waals surface area contributed by atoms with Gasteiger partial charge in [-0.25, -0.2) is 9.97 Å². The van der Waals surface area contributed by atoms with Crippen LogP contribution in [-0.4, -0.2) is 55.2 Å². The zero-order valence-electron chi connectivity index (χ0n) is 17.2. The number of methoxy groups -OCH3 is 1. The van der Waals surface area contributed by atoms with E-state index in [9.17, 15) is 5.26 Å². The van der Waals surface area contributed by atoms with Crippen LogP contribution in [0.25, 0.3) is 11.3 Å². The molecule has 0 aliphatic carbocycles. The largest absolute Gasteiger partial charge is 0.495 e. The predicted molar refractivity (Wildman–Crippen MR) is 118 cm³/mol. The van der Waals surface area contributed by atoms with Crippen LogP contribution in [0.1, 0.15) is 5.56 Å². The standard InChI is InChI=1S/C23H24N6O/c1-28-11-13-29(14-12-28)20-6-4-19(5-7-20)26-23-25-10-9-21(27-23)17-3-8-22(30-2)18(15-17)16-24/h3-10,15H,11-14H2,1-2H3,(H,25,26,27). The summed E-state index contributed by atoms with van der Waals surface area (Å²) in [6, 6.07) is 17.8. The highest BCUT2D eigenvalue weighted by atomic mass is 16.5. The minimum absolute atomic E-state index is 0.475. The Hall–Kier alpha value is -3.63. The molecule has 1 fully saturated rings. The molecule has 0 unspecified atom stereocenters. The fourth-order valence-electron chi connectivity index (χ4n) is 3.48. The first-order valence-corrected chi connectivity index (χ1v) is 9.88. The third kappa shape index (κ3) is 4.34. The highest BCUT2D eigenvalue weighted by molar-refractivity contribution is 5.66. The number of aromatic nitrogens is 2. The van der Waals surface area contributed by atoms with Gasteiger partial charge in [0.05, 0.1) is 18.4 Å². The highest BCUT2D eigenvalue weighted by Crippen LogP contribution is 2.26. The number of hydrogen-bond donors (Lipinski definition) is 1. The fourth-order valence-corrected chi connectivity index (χ4v) is 3.48. The van der Waals surface area contributed by atoms with Crippen molar-refractivity contribution in [3.8, 4) is 23.1 Å². The maximum Gasteiger partial charge on any atom is 0.227 e. The summed E-state index contributed by atoms with van der Waals surface area (Å²) in [7, 11) is 3.71. The van der Waals surface area contributed by atoms with Crippen molar-refractivity contribution in [2.75, 3.05) is 50.6 Å². The molecule has 1 saturated heterocycles. The number of benzene rings is 2. The molecule has 0 spiro atoms. The first-order chi connectivity index (χ1) is 14.7. The van der Waals surface area contributed by atoms with Crippen molar-refractivity contribution >= 4 is 17.3 Å². The second-order valence-corrected chi connectivity index (χ2v) is 7.25. The average Bonchev–Trinajstić information content (AvgIpc) is 2.80. The molecule has 0 amide bonds. The molecule has 1 aliphatic heterocycles. The Balaban J connectivity index is 1.49. The summed E-state index contributed by atoms with van der Waals surface area (Å²) in [5.74, 6) is 1.06. The Morgan fingerprint density at radius 3 is 2.50 bits per heavy atom. The summed E-state index contributed by atoms with van der Waals surface area (Å²) in [4.78, 5) is 13.7. The molecule has 0 radical (unpaired) electrons. The lowest BCUT2D eigenvalue weighted by Crippen LogP contribution is -2.44. The van der Waals surface area contributed by atoms with Crippen LogP contribution >= 0.6 is 0 Å². The molecular formula is C23H24N6O. The van der Waals surface area contributed by atoms with Crippen molar-refractivity contribution in [3.63, 3.8) is 0 Å². The Morgan fingerprint density at radius 2 is 1.80 bits per heavy atom. The summed E-state index contributed by atoms with van der Waals surface area (Å²) in [6.45, 7) is 4.25. The minimum atomic E-state index is 0.475. The minimum Gasteiger partial charge on any atom is -0.495 e. The molecule has 0 saturated carbocycles. The molecule has 7 nitrogen and oxygen atoms in total. The molecule has 1 aromatic heterocycles. The average molecular weight is 400 g/mol. The second-order valence-electron chi connectivity index (χ2n) is 7.25. The molecule has 1 N–H and O–H groups in total. The second kappa shape index (κ2) is 8.80. The van der Waals surface area contributed by atoms with Gasteiger partial charge in [-0.3, -0.25) is 0 Å². The topological polar surface area (TPSA) is 77.3 Å². The van der Waals surface area contributed by atoms with Gasteiger partial charge in [0.15, 0.2) is 0 Å². The number of nitrogens with zero attached hydrogens (tertiary/aromatic N) is 5. The van der Waals surface area contributed by atoms with Crippen LogP contribution in [0.5, 0.6) is 5.75 Å². The van der Waals surface area contributed by atoms with Crippen molar-refractivity contribution in [1.82, 2.24) is 14.9 Å². The molecule has 0 bridgehead atoms. The maximum atomic E-state index is 9.32. The van der Waals surface area contributed by atoms with Gasteiger partial charge in [0.1, 0.15) is 11.8 Å². The summed E-state index contributed by atoms with van der Waals surface area (Å²) < 4.78 is 5.22. The van der Waals surface area contributed by atoms with E-state index in [2.05, 4.69) is 50.3 Å². The number of rotatable bonds is 5. The number of ether oxygens (including phenoxy) is 1. The van der Waals surface area contributed by atoms with E-state index < -0.39 is 0 Å². The number of nitriles is 1. The van der Waals surface area contributed by atoms with Crippen LogP contribution in [0.4, 0.5) is 17.3 Å². The Morgan fingerprint density at radius 1 is 1.03 bits per heavy atom. The zero-order chi connectivity index (χ0) is 20.9. The van der Waals surface area contributed by atoms with E-state index in [0.29, 0.717) is 17.3 Å². The van der Waals surface area contributed by atoms with E-state index in [0.717, 1.165) is 43.1 Å². The lowest BCUT2D eigenvalue weighted by atomic mass is 10.1. The molecule has 2 aromatic carbocycles. The van der Waals surface area contributed by atoms with Crippen LogP contribution in [0.15, 0.2) is 54.7 Å². The number of hydrogen-bond acceptors (Lipinski definition) is 7. The summed E-state index contributed by atoms with van der Waals surface area (Å²) >= 11 is 0. The smallest absolute Gasteiger partial charge is 0.227 e. The maximum absolute atomic E-state index is 9.32. The van der Waals surface area contributed by atoms with Crippen molar-refractivity contribution in [2.24, 2.45) is 0 Å². The molecule has 0 atom stereocenters. The van der Waals surface area contributed by atoms with Gasteiger partial charge in [-0.2, -0.15) is 5.26 Å². The van der Waals surface area contributed by atoms with Gasteiger partial charge in [-0.05, 0) is 55.6 Å². The number of anilines is 3. The van der Waals surface area contributed by atoms with Gasteiger partial charge in [0, 0.05) is 49.3 Å². The third-order valence-corrected chi connectivity index (χ3v) is 5.26. The van der Waals surface area contributed by atoms with E-state index in [1.54, 1.807) is 25.4 Å². The SMILES string of the molecule is COc1ccc(-c2ccnc(Nc3ccc(N4CCN(C)CC4)cc3)n2)cc1C#N. The van der Waals surface area contributed by atoms with E-state index >= 15 is 0 Å². The third-order valence-electron chi connectivity index (χ3n) is 5.26. The highest BCUT2D eigenvalue weighted by Gasteiger charge is 2.14. The summed E-state index contributed by atoms with van der Waals surface area (Å²) in [5.41, 5.74) is 4.20. The van der Waals surface area contributed by atoms with Crippen LogP contribution in [-0.2, 0) is 0 Å². The first kappa shape index (κ1) is 19.7. The normalized spacial score (nSPS) is 14.2. The Kier molecular flexibility index (Phi) is 5.77. The van der Waals surface area contributed by atoms with Crippen LogP contribution in [0.3, 0.4) is 0 Å². The molecule has 152 valence electrons. The van der Waals surface area contributed by atoms with Gasteiger partial charge < -0.3 is 19.9 Å². The molecule has 2 heterocycles. The van der Waals surface area contributed by atoms with E-state index in [-0.39, 0.29) is 0 Å². The summed E-state index contributed by atoms with van der Waals surface area (Å²) in [5, 5.41) is 12.6. The fraction of sp³-hybridized carbons (Fsp3) is 0.261. The number of piperazine rings is 1. The lowest BCUT2D eigenvalue weighted by Gasteiger charge is -2.34. The van der Waals surface area contributed by atoms with Crippen molar-refractivity contribution in [2.45, 2.75) is 0 Å². The van der Waals surface area contributed by atoms with Gasteiger partial charge in [-0.1, -0.05) is 0 Å². The van der Waals surface area contributed by atoms with Gasteiger partial charge in [-0.15, -0.1) is 0 Å². The van der Waals surface area contributed by atoms with Gasteiger partial charge in [0.2, 0.25) is 5.95 Å². The Labute approximate surface area is 176 Å². The zero-order valence-corrected chi connectivity index (χ0v) is 17.2. The molecule has 4 rings (SSSR count). The van der Waals surface area contributed by atoms with E-state index in [4.69, 9.17) is 4.74 Å². The van der Waals surface area contributed by atoms with E-state index in [1.165, 1.54) is 5.69 Å².